The summed E-state index contributed by atoms with van der Waals surface area (Å²) in [6, 6.07) is 0. The first-order valence-electron chi connectivity index (χ1n) is 13.4. The fraction of sp³-hybridized carbons (Fsp3) is 0.857. The third-order valence-corrected chi connectivity index (χ3v) is 10.7. The van der Waals surface area contributed by atoms with Crippen molar-refractivity contribution in [1.82, 2.24) is 4.90 Å². The van der Waals surface area contributed by atoms with Crippen LogP contribution in [0.4, 0.5) is 0 Å². The Bertz CT molecular complexity index is 790. The molecule has 1 heterocycles. The second kappa shape index (κ2) is 9.64. The molecule has 4 aliphatic carbocycles. The molecule has 0 spiro atoms. The summed E-state index contributed by atoms with van der Waals surface area (Å²) in [5.74, 6) is 2.85. The molecule has 0 aromatic carbocycles. The SMILES string of the molecule is CC(=O)[C@H]1CC[C@H]2[C@@H]3CC=C4C[C@@H](OC(=O)CCN5CCCC5)CC[C@]4(C)[C@H]3CC[C@]12C.Cl. The number of hydrogen-bond donors (Lipinski definition) is 0. The minimum absolute atomic E-state index is 0. The van der Waals surface area contributed by atoms with Crippen LogP contribution in [0.15, 0.2) is 11.6 Å². The third-order valence-electron chi connectivity index (χ3n) is 10.7. The molecule has 0 N–H and O–H groups in total. The van der Waals surface area contributed by atoms with Crippen molar-refractivity contribution in [2.45, 2.75) is 97.5 Å². The summed E-state index contributed by atoms with van der Waals surface area (Å²) in [7, 11) is 0. The Morgan fingerprint density at radius 3 is 2.55 bits per heavy atom. The maximum Gasteiger partial charge on any atom is 0.307 e. The van der Waals surface area contributed by atoms with Crippen LogP contribution in [0.1, 0.15) is 91.4 Å². The van der Waals surface area contributed by atoms with E-state index in [1.165, 1.54) is 32.1 Å². The number of halogens is 1. The van der Waals surface area contributed by atoms with Gasteiger partial charge in [-0.25, -0.2) is 0 Å². The third kappa shape index (κ3) is 4.44. The number of likely N-dealkylation sites (tertiary alicyclic amines) is 1. The van der Waals surface area contributed by atoms with Crippen molar-refractivity contribution in [2.24, 2.45) is 34.5 Å². The number of allylic oxidation sites excluding steroid dienone is 1. The van der Waals surface area contributed by atoms with Crippen LogP contribution in [-0.4, -0.2) is 42.4 Å². The lowest BCUT2D eigenvalue weighted by Crippen LogP contribution is -2.51. The second-order valence-electron chi connectivity index (χ2n) is 12.2. The van der Waals surface area contributed by atoms with Gasteiger partial charge in [-0.3, -0.25) is 9.59 Å². The average molecular weight is 478 g/mol. The van der Waals surface area contributed by atoms with E-state index >= 15 is 0 Å². The zero-order valence-electron chi connectivity index (χ0n) is 20.9. The Hall–Kier alpha value is -0.870. The lowest BCUT2D eigenvalue weighted by atomic mass is 9.47. The highest BCUT2D eigenvalue weighted by molar-refractivity contribution is 5.85. The van der Waals surface area contributed by atoms with Crippen molar-refractivity contribution >= 4 is 24.2 Å². The molecule has 5 rings (SSSR count). The molecule has 1 aliphatic heterocycles. The molecule has 5 heteroatoms. The minimum Gasteiger partial charge on any atom is -0.462 e. The van der Waals surface area contributed by atoms with Crippen LogP contribution in [-0.2, 0) is 14.3 Å². The molecule has 7 atom stereocenters. The smallest absolute Gasteiger partial charge is 0.307 e. The number of esters is 1. The minimum atomic E-state index is -0.00514. The van der Waals surface area contributed by atoms with Crippen molar-refractivity contribution in [1.29, 1.82) is 0 Å². The maximum atomic E-state index is 12.5. The molecule has 1 saturated heterocycles. The van der Waals surface area contributed by atoms with Crippen LogP contribution in [0.25, 0.3) is 0 Å². The number of carbonyl (C=O) groups excluding carboxylic acids is 2. The topological polar surface area (TPSA) is 46.6 Å². The first kappa shape index (κ1) is 25.2. The fourth-order valence-electron chi connectivity index (χ4n) is 8.90. The van der Waals surface area contributed by atoms with Crippen LogP contribution in [0, 0.1) is 34.5 Å². The molecular weight excluding hydrogens is 434 g/mol. The van der Waals surface area contributed by atoms with Gasteiger partial charge in [0, 0.05) is 18.9 Å². The number of nitrogens with zero attached hydrogens (tertiary/aromatic N) is 1. The zero-order chi connectivity index (χ0) is 22.5. The van der Waals surface area contributed by atoms with Crippen LogP contribution in [0.5, 0.6) is 0 Å². The van der Waals surface area contributed by atoms with Crippen molar-refractivity contribution in [3.8, 4) is 0 Å². The van der Waals surface area contributed by atoms with E-state index in [1.807, 2.05) is 6.92 Å². The van der Waals surface area contributed by atoms with E-state index in [0.29, 0.717) is 18.1 Å². The van der Waals surface area contributed by atoms with E-state index in [4.69, 9.17) is 4.74 Å². The number of hydrogen-bond acceptors (Lipinski definition) is 4. The van der Waals surface area contributed by atoms with Crippen molar-refractivity contribution in [2.75, 3.05) is 19.6 Å². The van der Waals surface area contributed by atoms with E-state index in [2.05, 4.69) is 24.8 Å². The molecule has 33 heavy (non-hydrogen) atoms. The van der Waals surface area contributed by atoms with Gasteiger partial charge in [0.2, 0.25) is 0 Å². The fourth-order valence-corrected chi connectivity index (χ4v) is 8.90. The van der Waals surface area contributed by atoms with Gasteiger partial charge < -0.3 is 9.64 Å². The summed E-state index contributed by atoms with van der Waals surface area (Å²) in [4.78, 5) is 27.2. The highest BCUT2D eigenvalue weighted by Crippen LogP contribution is 2.66. The zero-order valence-corrected chi connectivity index (χ0v) is 21.8. The summed E-state index contributed by atoms with van der Waals surface area (Å²) < 4.78 is 5.96. The normalized spacial score (nSPS) is 42.4. The van der Waals surface area contributed by atoms with Crippen LogP contribution in [0.2, 0.25) is 0 Å². The molecule has 0 amide bonds. The van der Waals surface area contributed by atoms with E-state index in [-0.39, 0.29) is 41.2 Å². The first-order chi connectivity index (χ1) is 15.3. The Morgan fingerprint density at radius 1 is 1.06 bits per heavy atom. The van der Waals surface area contributed by atoms with E-state index in [0.717, 1.165) is 63.6 Å². The molecule has 0 radical (unpaired) electrons. The van der Waals surface area contributed by atoms with Gasteiger partial charge in [0.05, 0.1) is 6.42 Å². The predicted molar refractivity (Wildman–Crippen MR) is 133 cm³/mol. The molecule has 0 bridgehead atoms. The van der Waals surface area contributed by atoms with Crippen molar-refractivity contribution < 1.29 is 14.3 Å². The van der Waals surface area contributed by atoms with Gasteiger partial charge in [-0.2, -0.15) is 0 Å². The largest absolute Gasteiger partial charge is 0.462 e. The van der Waals surface area contributed by atoms with Gasteiger partial charge in [-0.15, -0.1) is 12.4 Å². The molecule has 5 aliphatic rings. The molecule has 3 saturated carbocycles. The Morgan fingerprint density at radius 2 is 1.82 bits per heavy atom. The van der Waals surface area contributed by atoms with E-state index in [9.17, 15) is 9.59 Å². The first-order valence-corrected chi connectivity index (χ1v) is 13.4. The molecule has 0 aromatic rings. The number of ether oxygens (including phenoxy) is 1. The van der Waals surface area contributed by atoms with Gasteiger partial charge in [-0.1, -0.05) is 25.5 Å². The summed E-state index contributed by atoms with van der Waals surface area (Å²) >= 11 is 0. The van der Waals surface area contributed by atoms with Crippen molar-refractivity contribution in [3.05, 3.63) is 11.6 Å². The van der Waals surface area contributed by atoms with Gasteiger partial charge in [-0.05, 0) is 106 Å². The molecule has 0 aromatic heterocycles. The number of carbonyl (C=O) groups is 2. The highest BCUT2D eigenvalue weighted by atomic mass is 35.5. The number of Topliss-reactive ketones (excluding diaryl/α,β-unsaturated/α-hetero) is 1. The summed E-state index contributed by atoms with van der Waals surface area (Å²) in [5, 5.41) is 0. The molecular formula is C28H44ClNO3. The van der Waals surface area contributed by atoms with Crippen LogP contribution in [0.3, 0.4) is 0 Å². The van der Waals surface area contributed by atoms with Crippen LogP contribution < -0.4 is 0 Å². The Labute approximate surface area is 206 Å². The number of ketones is 1. The molecule has 4 fully saturated rings. The number of rotatable bonds is 5. The number of fused-ring (bicyclic) bond motifs is 5. The lowest BCUT2D eigenvalue weighted by molar-refractivity contribution is -0.152. The summed E-state index contributed by atoms with van der Waals surface area (Å²) in [6.45, 7) is 9.87. The molecule has 0 unspecified atom stereocenters. The van der Waals surface area contributed by atoms with Gasteiger partial charge in [0.15, 0.2) is 0 Å². The standard InChI is InChI=1S/C28H43NO3.ClH/c1-19(30)23-8-9-24-22-7-6-20-18-21(32-26(31)12-17-29-15-4-5-16-29)10-13-27(20,2)25(22)11-14-28(23,24)3;/h6,21-25H,4-5,7-18H2,1-3H3;1H/t21-,22-,23+,24-,25-,27-,28+;/m0./s1. The van der Waals surface area contributed by atoms with Crippen LogP contribution >= 0.6 is 12.4 Å². The Balaban J connectivity index is 0.00000259. The predicted octanol–water partition coefficient (Wildman–Crippen LogP) is 5.97. The molecule has 186 valence electrons. The second-order valence-corrected chi connectivity index (χ2v) is 12.2. The van der Waals surface area contributed by atoms with E-state index < -0.39 is 0 Å². The quantitative estimate of drug-likeness (QED) is 0.361. The van der Waals surface area contributed by atoms with Gasteiger partial charge in [0.25, 0.3) is 0 Å². The van der Waals surface area contributed by atoms with E-state index in [1.54, 1.807) is 5.57 Å². The van der Waals surface area contributed by atoms with Gasteiger partial charge >= 0.3 is 5.97 Å². The lowest BCUT2D eigenvalue weighted by Gasteiger charge is -2.58. The molecule has 4 nitrogen and oxygen atoms in total. The van der Waals surface area contributed by atoms with Crippen molar-refractivity contribution in [3.63, 3.8) is 0 Å². The highest BCUT2D eigenvalue weighted by Gasteiger charge is 2.59. The maximum absolute atomic E-state index is 12.5. The Kier molecular flexibility index (Phi) is 7.37. The average Bonchev–Trinajstić information content (AvgIpc) is 3.39. The summed E-state index contributed by atoms with van der Waals surface area (Å²) in [5.41, 5.74) is 2.04. The monoisotopic (exact) mass is 477 g/mol. The van der Waals surface area contributed by atoms with Gasteiger partial charge in [0.1, 0.15) is 11.9 Å². The summed E-state index contributed by atoms with van der Waals surface area (Å²) in [6.07, 6.45) is 14.7.